The molecule has 7 heteroatoms. The minimum atomic E-state index is -0.427. The first kappa shape index (κ1) is 15.7. The van der Waals surface area contributed by atoms with E-state index in [1.54, 1.807) is 0 Å². The minimum absolute atomic E-state index is 0.120. The maximum atomic E-state index is 12.1. The van der Waals surface area contributed by atoms with E-state index in [1.165, 1.54) is 19.6 Å². The Hall–Kier alpha value is -2.83. The molecule has 0 N–H and O–H groups in total. The Morgan fingerprint density at radius 1 is 1.28 bits per heavy atom. The minimum Gasteiger partial charge on any atom is -0.486 e. The van der Waals surface area contributed by atoms with Crippen molar-refractivity contribution in [3.05, 3.63) is 41.9 Å². The van der Waals surface area contributed by atoms with Crippen LogP contribution in [0.15, 0.2) is 30.7 Å². The average Bonchev–Trinajstić information content (AvgIpc) is 3.16. The molecule has 1 aromatic heterocycles. The van der Waals surface area contributed by atoms with Crippen molar-refractivity contribution in [2.75, 3.05) is 31.8 Å². The molecule has 2 aliphatic heterocycles. The summed E-state index contributed by atoms with van der Waals surface area (Å²) in [6, 6.07) is 6.14. The summed E-state index contributed by atoms with van der Waals surface area (Å²) in [6.07, 6.45) is 4.96. The molecule has 1 fully saturated rings. The predicted octanol–water partition coefficient (Wildman–Crippen LogP) is 2.38. The first-order valence-electron chi connectivity index (χ1n) is 8.32. The number of aromatic nitrogens is 2. The van der Waals surface area contributed by atoms with Crippen molar-refractivity contribution in [3.8, 4) is 11.5 Å². The summed E-state index contributed by atoms with van der Waals surface area (Å²) >= 11 is 0. The topological polar surface area (TPSA) is 73.8 Å². The number of hydrogen-bond acceptors (Lipinski definition) is 7. The lowest BCUT2D eigenvalue weighted by molar-refractivity contribution is 0.0600. The number of anilines is 1. The monoisotopic (exact) mass is 341 g/mol. The Labute approximate surface area is 145 Å². The van der Waals surface area contributed by atoms with E-state index in [9.17, 15) is 4.79 Å². The Morgan fingerprint density at radius 2 is 2.12 bits per heavy atom. The SMILES string of the molecule is COC(=O)c1cncnc1N1CCC[C@@H]1c1ccc2c(c1)OCCO2. The molecule has 1 saturated heterocycles. The summed E-state index contributed by atoms with van der Waals surface area (Å²) < 4.78 is 16.2. The van der Waals surface area contributed by atoms with Gasteiger partial charge in [-0.1, -0.05) is 6.07 Å². The summed E-state index contributed by atoms with van der Waals surface area (Å²) in [7, 11) is 1.36. The number of methoxy groups -OCH3 is 1. The van der Waals surface area contributed by atoms with Crippen LogP contribution in [0.1, 0.15) is 34.8 Å². The first-order valence-corrected chi connectivity index (χ1v) is 8.32. The van der Waals surface area contributed by atoms with Gasteiger partial charge in [0.05, 0.1) is 13.2 Å². The number of hydrogen-bond donors (Lipinski definition) is 0. The molecule has 0 saturated carbocycles. The van der Waals surface area contributed by atoms with Crippen molar-refractivity contribution in [1.82, 2.24) is 9.97 Å². The van der Waals surface area contributed by atoms with Crippen molar-refractivity contribution < 1.29 is 19.0 Å². The van der Waals surface area contributed by atoms with Crippen LogP contribution in [0.2, 0.25) is 0 Å². The molecule has 0 spiro atoms. The van der Waals surface area contributed by atoms with Crippen LogP contribution in [0, 0.1) is 0 Å². The molecule has 1 aromatic carbocycles. The first-order chi connectivity index (χ1) is 12.3. The van der Waals surface area contributed by atoms with Gasteiger partial charge in [-0.25, -0.2) is 14.8 Å². The van der Waals surface area contributed by atoms with Crippen molar-refractivity contribution in [1.29, 1.82) is 0 Å². The lowest BCUT2D eigenvalue weighted by Crippen LogP contribution is -2.26. The van der Waals surface area contributed by atoms with Gasteiger partial charge in [0.15, 0.2) is 11.5 Å². The predicted molar refractivity (Wildman–Crippen MR) is 90.1 cm³/mol. The quantitative estimate of drug-likeness (QED) is 0.794. The zero-order chi connectivity index (χ0) is 17.2. The molecule has 7 nitrogen and oxygen atoms in total. The zero-order valence-electron chi connectivity index (χ0n) is 14.0. The van der Waals surface area contributed by atoms with Crippen LogP contribution in [0.3, 0.4) is 0 Å². The molecule has 0 radical (unpaired) electrons. The maximum Gasteiger partial charge on any atom is 0.343 e. The van der Waals surface area contributed by atoms with Crippen LogP contribution in [0.5, 0.6) is 11.5 Å². The molecule has 4 rings (SSSR count). The molecule has 0 unspecified atom stereocenters. The highest BCUT2D eigenvalue weighted by Gasteiger charge is 2.31. The lowest BCUT2D eigenvalue weighted by Gasteiger charge is -2.28. The number of nitrogens with zero attached hydrogens (tertiary/aromatic N) is 3. The van der Waals surface area contributed by atoms with Crippen LogP contribution >= 0.6 is 0 Å². The Bertz CT molecular complexity index is 796. The van der Waals surface area contributed by atoms with Crippen molar-refractivity contribution in [2.24, 2.45) is 0 Å². The molecule has 1 atom stereocenters. The van der Waals surface area contributed by atoms with Gasteiger partial charge in [-0.05, 0) is 30.5 Å². The van der Waals surface area contributed by atoms with E-state index in [1.807, 2.05) is 12.1 Å². The molecular formula is C18H19N3O4. The largest absolute Gasteiger partial charge is 0.486 e. The van der Waals surface area contributed by atoms with Gasteiger partial charge in [0.2, 0.25) is 0 Å². The second kappa shape index (κ2) is 6.58. The van der Waals surface area contributed by atoms with Gasteiger partial charge in [0.25, 0.3) is 0 Å². The number of carbonyl (C=O) groups excluding carboxylic acids is 1. The third kappa shape index (κ3) is 2.86. The van der Waals surface area contributed by atoms with Crippen molar-refractivity contribution in [3.63, 3.8) is 0 Å². The number of esters is 1. The van der Waals surface area contributed by atoms with Gasteiger partial charge >= 0.3 is 5.97 Å². The average molecular weight is 341 g/mol. The number of rotatable bonds is 3. The van der Waals surface area contributed by atoms with E-state index in [0.29, 0.717) is 24.6 Å². The summed E-state index contributed by atoms with van der Waals surface area (Å²) in [5.74, 6) is 1.73. The van der Waals surface area contributed by atoms with E-state index in [2.05, 4.69) is 20.9 Å². The zero-order valence-corrected chi connectivity index (χ0v) is 14.0. The fourth-order valence-electron chi connectivity index (χ4n) is 3.44. The van der Waals surface area contributed by atoms with Crippen LogP contribution in [0.4, 0.5) is 5.82 Å². The second-order valence-electron chi connectivity index (χ2n) is 6.01. The number of benzene rings is 1. The summed E-state index contributed by atoms with van der Waals surface area (Å²) in [5.41, 5.74) is 1.51. The lowest BCUT2D eigenvalue weighted by atomic mass is 10.0. The molecule has 0 aliphatic carbocycles. The van der Waals surface area contributed by atoms with E-state index < -0.39 is 5.97 Å². The van der Waals surface area contributed by atoms with Gasteiger partial charge in [-0.2, -0.15) is 0 Å². The highest BCUT2D eigenvalue weighted by Crippen LogP contribution is 2.40. The molecular weight excluding hydrogens is 322 g/mol. The number of fused-ring (bicyclic) bond motifs is 1. The highest BCUT2D eigenvalue weighted by molar-refractivity contribution is 5.94. The Balaban J connectivity index is 1.69. The van der Waals surface area contributed by atoms with E-state index in [4.69, 9.17) is 14.2 Å². The summed E-state index contributed by atoms with van der Waals surface area (Å²) in [4.78, 5) is 22.5. The third-order valence-corrected chi connectivity index (χ3v) is 4.57. The molecule has 25 heavy (non-hydrogen) atoms. The van der Waals surface area contributed by atoms with Crippen LogP contribution < -0.4 is 14.4 Å². The smallest absolute Gasteiger partial charge is 0.343 e. The molecule has 3 heterocycles. The highest BCUT2D eigenvalue weighted by atomic mass is 16.6. The van der Waals surface area contributed by atoms with Gasteiger partial charge in [-0.3, -0.25) is 0 Å². The molecule has 0 bridgehead atoms. The number of carbonyl (C=O) groups is 1. The van der Waals surface area contributed by atoms with Gasteiger partial charge < -0.3 is 19.1 Å². The van der Waals surface area contributed by atoms with E-state index in [0.717, 1.165) is 36.4 Å². The molecule has 130 valence electrons. The van der Waals surface area contributed by atoms with Gasteiger partial charge in [0, 0.05) is 12.7 Å². The fourth-order valence-corrected chi connectivity index (χ4v) is 3.44. The second-order valence-corrected chi connectivity index (χ2v) is 6.01. The Kier molecular flexibility index (Phi) is 4.13. The van der Waals surface area contributed by atoms with Crippen LogP contribution in [-0.4, -0.2) is 42.8 Å². The van der Waals surface area contributed by atoms with E-state index in [-0.39, 0.29) is 6.04 Å². The molecule has 2 aliphatic rings. The molecule has 0 amide bonds. The third-order valence-electron chi connectivity index (χ3n) is 4.57. The van der Waals surface area contributed by atoms with Crippen LogP contribution in [-0.2, 0) is 4.74 Å². The standard InChI is InChI=1S/C18H19N3O4/c1-23-18(22)13-10-19-11-20-17(13)21-6-2-3-14(21)12-4-5-15-16(9-12)25-8-7-24-15/h4-5,9-11,14H,2-3,6-8H2,1H3/t14-/m1/s1. The van der Waals surface area contributed by atoms with Crippen molar-refractivity contribution in [2.45, 2.75) is 18.9 Å². The van der Waals surface area contributed by atoms with E-state index >= 15 is 0 Å². The normalized spacial score (nSPS) is 18.9. The Morgan fingerprint density at radius 3 is 2.96 bits per heavy atom. The maximum absolute atomic E-state index is 12.1. The fraction of sp³-hybridized carbons (Fsp3) is 0.389. The van der Waals surface area contributed by atoms with Crippen LogP contribution in [0.25, 0.3) is 0 Å². The molecule has 2 aromatic rings. The van der Waals surface area contributed by atoms with Crippen molar-refractivity contribution >= 4 is 11.8 Å². The number of ether oxygens (including phenoxy) is 3. The summed E-state index contributed by atoms with van der Waals surface area (Å²) in [5, 5.41) is 0. The summed E-state index contributed by atoms with van der Waals surface area (Å²) in [6.45, 7) is 1.95. The van der Waals surface area contributed by atoms with Gasteiger partial charge in [-0.15, -0.1) is 0 Å². The van der Waals surface area contributed by atoms with Gasteiger partial charge in [0.1, 0.15) is 30.9 Å².